The molecule has 0 aliphatic heterocycles. The second kappa shape index (κ2) is 6.00. The van der Waals surface area contributed by atoms with Gasteiger partial charge in [-0.2, -0.15) is 4.98 Å². The number of halogens is 1. The van der Waals surface area contributed by atoms with E-state index in [0.717, 1.165) is 0 Å². The van der Waals surface area contributed by atoms with E-state index in [1.165, 1.54) is 6.07 Å². The first-order valence-electron chi connectivity index (χ1n) is 6.47. The zero-order valence-corrected chi connectivity index (χ0v) is 11.8. The molecule has 0 amide bonds. The molecule has 5 nitrogen and oxygen atoms in total. The highest BCUT2D eigenvalue weighted by molar-refractivity contribution is 5.30. The first-order chi connectivity index (χ1) is 9.47. The predicted molar refractivity (Wildman–Crippen MR) is 71.7 cm³/mol. The summed E-state index contributed by atoms with van der Waals surface area (Å²) in [6.45, 7) is 5.78. The maximum atomic E-state index is 13.7. The first kappa shape index (κ1) is 14.5. The molecule has 0 saturated heterocycles. The van der Waals surface area contributed by atoms with Crippen LogP contribution < -0.4 is 10.5 Å². The molecule has 20 heavy (non-hydrogen) atoms. The van der Waals surface area contributed by atoms with E-state index < -0.39 is 0 Å². The quantitative estimate of drug-likeness (QED) is 0.910. The Labute approximate surface area is 116 Å². The smallest absolute Gasteiger partial charge is 0.229 e. The fourth-order valence-corrected chi connectivity index (χ4v) is 1.68. The summed E-state index contributed by atoms with van der Waals surface area (Å²) < 4.78 is 24.2. The normalized spacial score (nSPS) is 12.7. The van der Waals surface area contributed by atoms with Crippen LogP contribution in [0.1, 0.15) is 50.0 Å². The fourth-order valence-electron chi connectivity index (χ4n) is 1.68. The standard InChI is InChI=1S/C14H18FN3O2/c1-8(2)14-17-13(18-20-14)7-19-10-4-5-11(9(3)16)12(15)6-10/h4-6,8-9H,7,16H2,1-3H3/t9-/m1/s1. The van der Waals surface area contributed by atoms with Gasteiger partial charge in [0.05, 0.1) is 0 Å². The number of nitrogens with two attached hydrogens (primary N) is 1. The Kier molecular flexibility index (Phi) is 4.34. The highest BCUT2D eigenvalue weighted by Gasteiger charge is 2.11. The third kappa shape index (κ3) is 3.33. The summed E-state index contributed by atoms with van der Waals surface area (Å²) in [4.78, 5) is 4.18. The molecule has 1 aromatic carbocycles. The molecule has 1 aromatic heterocycles. The number of benzene rings is 1. The summed E-state index contributed by atoms with van der Waals surface area (Å²) in [6, 6.07) is 4.24. The van der Waals surface area contributed by atoms with E-state index in [1.807, 2.05) is 13.8 Å². The number of aromatic nitrogens is 2. The van der Waals surface area contributed by atoms with Crippen LogP contribution in [0.15, 0.2) is 22.7 Å². The average molecular weight is 279 g/mol. The molecule has 0 radical (unpaired) electrons. The van der Waals surface area contributed by atoms with Crippen molar-refractivity contribution >= 4 is 0 Å². The van der Waals surface area contributed by atoms with E-state index in [9.17, 15) is 4.39 Å². The van der Waals surface area contributed by atoms with Crippen LogP contribution in [0.5, 0.6) is 5.75 Å². The number of rotatable bonds is 5. The molecule has 0 bridgehead atoms. The van der Waals surface area contributed by atoms with Crippen molar-refractivity contribution in [3.8, 4) is 5.75 Å². The lowest BCUT2D eigenvalue weighted by molar-refractivity contribution is 0.283. The van der Waals surface area contributed by atoms with Gasteiger partial charge in [0.2, 0.25) is 11.7 Å². The minimum absolute atomic E-state index is 0.132. The van der Waals surface area contributed by atoms with Crippen LogP contribution in [0.2, 0.25) is 0 Å². The van der Waals surface area contributed by atoms with Crippen molar-refractivity contribution in [1.29, 1.82) is 0 Å². The van der Waals surface area contributed by atoms with Crippen LogP contribution in [0.3, 0.4) is 0 Å². The van der Waals surface area contributed by atoms with Gasteiger partial charge in [-0.05, 0) is 13.0 Å². The Hall–Kier alpha value is -1.95. The molecule has 1 heterocycles. The van der Waals surface area contributed by atoms with Gasteiger partial charge >= 0.3 is 0 Å². The van der Waals surface area contributed by atoms with Crippen molar-refractivity contribution < 1.29 is 13.7 Å². The first-order valence-corrected chi connectivity index (χ1v) is 6.47. The van der Waals surface area contributed by atoms with Crippen LogP contribution in [-0.2, 0) is 6.61 Å². The van der Waals surface area contributed by atoms with E-state index in [2.05, 4.69) is 10.1 Å². The Bertz CT molecular complexity index is 582. The van der Waals surface area contributed by atoms with Crippen molar-refractivity contribution in [2.45, 2.75) is 39.3 Å². The number of hydrogen-bond acceptors (Lipinski definition) is 5. The molecular formula is C14H18FN3O2. The van der Waals surface area contributed by atoms with Crippen molar-refractivity contribution in [3.63, 3.8) is 0 Å². The maximum Gasteiger partial charge on any atom is 0.229 e. The van der Waals surface area contributed by atoms with Crippen LogP contribution in [0.25, 0.3) is 0 Å². The second-order valence-corrected chi connectivity index (χ2v) is 4.96. The Morgan fingerprint density at radius 2 is 2.10 bits per heavy atom. The highest BCUT2D eigenvalue weighted by atomic mass is 19.1. The van der Waals surface area contributed by atoms with Gasteiger partial charge in [-0.15, -0.1) is 0 Å². The van der Waals surface area contributed by atoms with Crippen LogP contribution >= 0.6 is 0 Å². The Balaban J connectivity index is 2.01. The lowest BCUT2D eigenvalue weighted by Gasteiger charge is -2.09. The van der Waals surface area contributed by atoms with Gasteiger partial charge in [0.15, 0.2) is 6.61 Å². The van der Waals surface area contributed by atoms with E-state index in [4.69, 9.17) is 15.0 Å². The molecule has 1 atom stereocenters. The summed E-state index contributed by atoms with van der Waals surface area (Å²) in [5, 5.41) is 3.80. The second-order valence-electron chi connectivity index (χ2n) is 4.96. The number of ether oxygens (including phenoxy) is 1. The topological polar surface area (TPSA) is 74.2 Å². The summed E-state index contributed by atoms with van der Waals surface area (Å²) in [6.07, 6.45) is 0. The molecule has 0 aliphatic rings. The third-order valence-electron chi connectivity index (χ3n) is 2.81. The zero-order chi connectivity index (χ0) is 14.7. The number of nitrogens with zero attached hydrogens (tertiary/aromatic N) is 2. The Morgan fingerprint density at radius 3 is 2.65 bits per heavy atom. The number of hydrogen-bond donors (Lipinski definition) is 1. The molecule has 0 unspecified atom stereocenters. The Morgan fingerprint density at radius 1 is 1.35 bits per heavy atom. The van der Waals surface area contributed by atoms with Crippen LogP contribution in [-0.4, -0.2) is 10.1 Å². The molecular weight excluding hydrogens is 261 g/mol. The van der Waals surface area contributed by atoms with Gasteiger partial charge in [-0.3, -0.25) is 0 Å². The zero-order valence-electron chi connectivity index (χ0n) is 11.8. The van der Waals surface area contributed by atoms with Gasteiger partial charge in [-0.1, -0.05) is 25.1 Å². The van der Waals surface area contributed by atoms with Gasteiger partial charge < -0.3 is 15.0 Å². The van der Waals surface area contributed by atoms with E-state index in [0.29, 0.717) is 23.0 Å². The molecule has 2 N–H and O–H groups in total. The summed E-state index contributed by atoms with van der Waals surface area (Å²) in [5.74, 6) is 1.18. The SMILES string of the molecule is CC(C)c1nc(COc2ccc([C@@H](C)N)c(F)c2)no1. The van der Waals surface area contributed by atoms with Crippen molar-refractivity contribution in [2.75, 3.05) is 0 Å². The molecule has 2 rings (SSSR count). The van der Waals surface area contributed by atoms with E-state index in [-0.39, 0.29) is 24.4 Å². The molecule has 0 fully saturated rings. The minimum Gasteiger partial charge on any atom is -0.485 e. The lowest BCUT2D eigenvalue weighted by atomic mass is 10.1. The van der Waals surface area contributed by atoms with Crippen LogP contribution in [0, 0.1) is 5.82 Å². The largest absolute Gasteiger partial charge is 0.485 e. The molecule has 0 aliphatic carbocycles. The summed E-state index contributed by atoms with van der Waals surface area (Å²) in [5.41, 5.74) is 6.10. The van der Waals surface area contributed by atoms with E-state index in [1.54, 1.807) is 19.1 Å². The van der Waals surface area contributed by atoms with Crippen LogP contribution in [0.4, 0.5) is 4.39 Å². The minimum atomic E-state index is -0.381. The van der Waals surface area contributed by atoms with Gasteiger partial charge in [-0.25, -0.2) is 4.39 Å². The monoisotopic (exact) mass is 279 g/mol. The molecule has 6 heteroatoms. The molecule has 2 aromatic rings. The van der Waals surface area contributed by atoms with E-state index >= 15 is 0 Å². The van der Waals surface area contributed by atoms with Crippen molar-refractivity contribution in [3.05, 3.63) is 41.3 Å². The van der Waals surface area contributed by atoms with Crippen molar-refractivity contribution in [1.82, 2.24) is 10.1 Å². The molecule has 0 saturated carbocycles. The van der Waals surface area contributed by atoms with Gasteiger partial charge in [0, 0.05) is 23.6 Å². The van der Waals surface area contributed by atoms with Crippen molar-refractivity contribution in [2.24, 2.45) is 5.73 Å². The average Bonchev–Trinajstić information content (AvgIpc) is 2.85. The molecule has 0 spiro atoms. The third-order valence-corrected chi connectivity index (χ3v) is 2.81. The predicted octanol–water partition coefficient (Wildman–Crippen LogP) is 2.93. The lowest BCUT2D eigenvalue weighted by Crippen LogP contribution is -2.07. The van der Waals surface area contributed by atoms with Gasteiger partial charge in [0.1, 0.15) is 11.6 Å². The summed E-state index contributed by atoms with van der Waals surface area (Å²) in [7, 11) is 0. The van der Waals surface area contributed by atoms with Gasteiger partial charge in [0.25, 0.3) is 0 Å². The molecule has 108 valence electrons. The maximum absolute atomic E-state index is 13.7. The highest BCUT2D eigenvalue weighted by Crippen LogP contribution is 2.21. The fraction of sp³-hybridized carbons (Fsp3) is 0.429. The summed E-state index contributed by atoms with van der Waals surface area (Å²) >= 11 is 0.